The molecule has 0 atom stereocenters. The van der Waals surface area contributed by atoms with E-state index in [0.29, 0.717) is 5.58 Å². The van der Waals surface area contributed by atoms with Crippen molar-refractivity contribution >= 4 is 34.4 Å². The number of para-hydroxylation sites is 1. The molecule has 2 aromatic carbocycles. The normalized spacial score (nSPS) is 11.3. The third kappa shape index (κ3) is 2.73. The average Bonchev–Trinajstić information content (AvgIpc) is 2.90. The van der Waals surface area contributed by atoms with Crippen LogP contribution < -0.4 is 0 Å². The summed E-state index contributed by atoms with van der Waals surface area (Å²) in [5.41, 5.74) is 0.821. The number of rotatable bonds is 3. The SMILES string of the molecule is O=C(/C=C/c1c(F)cccc1Cl)c1cc2ccccc2o1. The van der Waals surface area contributed by atoms with E-state index in [9.17, 15) is 9.18 Å². The van der Waals surface area contributed by atoms with Gasteiger partial charge in [-0.2, -0.15) is 0 Å². The van der Waals surface area contributed by atoms with Crippen molar-refractivity contribution in [1.82, 2.24) is 0 Å². The van der Waals surface area contributed by atoms with Gasteiger partial charge >= 0.3 is 0 Å². The summed E-state index contributed by atoms with van der Waals surface area (Å²) in [6.07, 6.45) is 2.61. The van der Waals surface area contributed by atoms with Crippen molar-refractivity contribution in [3.63, 3.8) is 0 Å². The topological polar surface area (TPSA) is 30.2 Å². The quantitative estimate of drug-likeness (QED) is 0.496. The van der Waals surface area contributed by atoms with E-state index in [-0.39, 0.29) is 22.1 Å². The summed E-state index contributed by atoms with van der Waals surface area (Å²) >= 11 is 5.90. The van der Waals surface area contributed by atoms with Crippen molar-refractivity contribution in [3.8, 4) is 0 Å². The van der Waals surface area contributed by atoms with E-state index in [2.05, 4.69) is 0 Å². The van der Waals surface area contributed by atoms with E-state index in [1.807, 2.05) is 18.2 Å². The van der Waals surface area contributed by atoms with Crippen molar-refractivity contribution in [1.29, 1.82) is 0 Å². The van der Waals surface area contributed by atoms with Crippen LogP contribution in [-0.4, -0.2) is 5.78 Å². The molecule has 3 rings (SSSR count). The molecule has 3 aromatic rings. The molecular formula is C17H10ClFO2. The van der Waals surface area contributed by atoms with Gasteiger partial charge < -0.3 is 4.42 Å². The van der Waals surface area contributed by atoms with Crippen LogP contribution in [0.5, 0.6) is 0 Å². The molecule has 0 spiro atoms. The Kier molecular flexibility index (Phi) is 3.59. The molecular weight excluding hydrogens is 291 g/mol. The molecule has 1 aromatic heterocycles. The number of allylic oxidation sites excluding steroid dienone is 1. The second-order valence-electron chi connectivity index (χ2n) is 4.48. The molecule has 0 aliphatic rings. The number of hydrogen-bond donors (Lipinski definition) is 0. The Morgan fingerprint density at radius 3 is 2.71 bits per heavy atom. The van der Waals surface area contributed by atoms with E-state index in [0.717, 1.165) is 5.39 Å². The summed E-state index contributed by atoms with van der Waals surface area (Å²) in [6, 6.07) is 13.3. The maximum absolute atomic E-state index is 13.6. The number of fused-ring (bicyclic) bond motifs is 1. The lowest BCUT2D eigenvalue weighted by atomic mass is 10.1. The first kappa shape index (κ1) is 13.6. The molecule has 0 bridgehead atoms. The minimum atomic E-state index is -0.476. The highest BCUT2D eigenvalue weighted by molar-refractivity contribution is 6.32. The van der Waals surface area contributed by atoms with E-state index in [1.54, 1.807) is 18.2 Å². The molecule has 21 heavy (non-hydrogen) atoms. The maximum Gasteiger partial charge on any atom is 0.221 e. The van der Waals surface area contributed by atoms with Gasteiger partial charge in [-0.25, -0.2) is 4.39 Å². The molecule has 2 nitrogen and oxygen atoms in total. The molecule has 0 unspecified atom stereocenters. The molecule has 104 valence electrons. The summed E-state index contributed by atoms with van der Waals surface area (Å²) in [5, 5.41) is 1.10. The van der Waals surface area contributed by atoms with Crippen LogP contribution in [0.3, 0.4) is 0 Å². The van der Waals surface area contributed by atoms with Gasteiger partial charge in [0.15, 0.2) is 5.76 Å². The molecule has 0 saturated carbocycles. The van der Waals surface area contributed by atoms with Crippen molar-refractivity contribution in [2.75, 3.05) is 0 Å². The number of benzene rings is 2. The molecule has 0 N–H and O–H groups in total. The van der Waals surface area contributed by atoms with Crippen LogP contribution in [0, 0.1) is 5.82 Å². The Labute approximate surface area is 125 Å². The Morgan fingerprint density at radius 1 is 1.14 bits per heavy atom. The lowest BCUT2D eigenvalue weighted by Crippen LogP contribution is -1.91. The number of carbonyl (C=O) groups excluding carboxylic acids is 1. The highest BCUT2D eigenvalue weighted by atomic mass is 35.5. The number of ketones is 1. The minimum absolute atomic E-state index is 0.184. The summed E-state index contributed by atoms with van der Waals surface area (Å²) in [4.78, 5) is 12.1. The lowest BCUT2D eigenvalue weighted by molar-refractivity contribution is 0.102. The van der Waals surface area contributed by atoms with Crippen LogP contribution in [-0.2, 0) is 0 Å². The molecule has 1 heterocycles. The van der Waals surface area contributed by atoms with E-state index < -0.39 is 5.82 Å². The zero-order valence-corrected chi connectivity index (χ0v) is 11.6. The molecule has 4 heteroatoms. The van der Waals surface area contributed by atoms with Crippen LogP contribution in [0.15, 0.2) is 59.0 Å². The predicted octanol–water partition coefficient (Wildman–Crippen LogP) is 5.12. The first-order valence-electron chi connectivity index (χ1n) is 6.30. The van der Waals surface area contributed by atoms with E-state index >= 15 is 0 Å². The van der Waals surface area contributed by atoms with Crippen LogP contribution in [0.25, 0.3) is 17.0 Å². The summed E-state index contributed by atoms with van der Waals surface area (Å²) in [5.74, 6) is -0.610. The summed E-state index contributed by atoms with van der Waals surface area (Å²) in [6.45, 7) is 0. The fraction of sp³-hybridized carbons (Fsp3) is 0. The highest BCUT2D eigenvalue weighted by Crippen LogP contribution is 2.22. The Hall–Kier alpha value is -2.39. The van der Waals surface area contributed by atoms with Crippen LogP contribution >= 0.6 is 11.6 Å². The fourth-order valence-corrected chi connectivity index (χ4v) is 2.24. The molecule has 0 amide bonds. The molecule has 0 aliphatic carbocycles. The standard InChI is InChI=1S/C17H10ClFO2/c18-13-5-3-6-14(19)12(13)8-9-15(20)17-10-11-4-1-2-7-16(11)21-17/h1-10H/b9-8+. The van der Waals surface area contributed by atoms with Gasteiger partial charge in [-0.3, -0.25) is 4.79 Å². The Bertz CT molecular complexity index is 796. The Balaban J connectivity index is 1.90. The molecule has 0 saturated heterocycles. The third-order valence-electron chi connectivity index (χ3n) is 3.07. The van der Waals surface area contributed by atoms with Gasteiger partial charge in [0.05, 0.1) is 5.02 Å². The van der Waals surface area contributed by atoms with Gasteiger partial charge in [0.25, 0.3) is 0 Å². The molecule has 0 aliphatic heterocycles. The van der Waals surface area contributed by atoms with E-state index in [4.69, 9.17) is 16.0 Å². The largest absolute Gasteiger partial charge is 0.453 e. The van der Waals surface area contributed by atoms with Gasteiger partial charge in [-0.15, -0.1) is 0 Å². The van der Waals surface area contributed by atoms with Crippen LogP contribution in [0.4, 0.5) is 4.39 Å². The van der Waals surface area contributed by atoms with Gasteiger partial charge in [-0.1, -0.05) is 35.9 Å². The smallest absolute Gasteiger partial charge is 0.221 e. The fourth-order valence-electron chi connectivity index (χ4n) is 2.01. The summed E-state index contributed by atoms with van der Waals surface area (Å²) in [7, 11) is 0. The number of halogens is 2. The van der Waals surface area contributed by atoms with Gasteiger partial charge in [0.1, 0.15) is 11.4 Å². The molecule has 0 fully saturated rings. The monoisotopic (exact) mass is 300 g/mol. The highest BCUT2D eigenvalue weighted by Gasteiger charge is 2.10. The van der Waals surface area contributed by atoms with E-state index in [1.165, 1.54) is 24.3 Å². The van der Waals surface area contributed by atoms with Crippen LogP contribution in [0.2, 0.25) is 5.02 Å². The maximum atomic E-state index is 13.6. The van der Waals surface area contributed by atoms with Gasteiger partial charge in [0, 0.05) is 10.9 Å². The van der Waals surface area contributed by atoms with Crippen molar-refractivity contribution in [2.24, 2.45) is 0 Å². The minimum Gasteiger partial charge on any atom is -0.453 e. The van der Waals surface area contributed by atoms with Gasteiger partial charge in [-0.05, 0) is 36.4 Å². The zero-order valence-electron chi connectivity index (χ0n) is 10.8. The van der Waals surface area contributed by atoms with Crippen molar-refractivity contribution in [2.45, 2.75) is 0 Å². The number of furan rings is 1. The predicted molar refractivity (Wildman–Crippen MR) is 81.0 cm³/mol. The summed E-state index contributed by atoms with van der Waals surface area (Å²) < 4.78 is 19.1. The second kappa shape index (κ2) is 5.54. The third-order valence-corrected chi connectivity index (χ3v) is 3.40. The van der Waals surface area contributed by atoms with Crippen molar-refractivity contribution < 1.29 is 13.6 Å². The first-order valence-corrected chi connectivity index (χ1v) is 6.68. The van der Waals surface area contributed by atoms with Gasteiger partial charge in [0.2, 0.25) is 5.78 Å². The zero-order chi connectivity index (χ0) is 14.8. The number of hydrogen-bond acceptors (Lipinski definition) is 2. The average molecular weight is 301 g/mol. The molecule has 0 radical (unpaired) electrons. The lowest BCUT2D eigenvalue weighted by Gasteiger charge is -1.98. The van der Waals surface area contributed by atoms with Crippen LogP contribution in [0.1, 0.15) is 16.1 Å². The Morgan fingerprint density at radius 2 is 1.95 bits per heavy atom. The number of carbonyl (C=O) groups is 1. The first-order chi connectivity index (χ1) is 10.1. The van der Waals surface area contributed by atoms with Crippen molar-refractivity contribution in [3.05, 3.63) is 76.8 Å². The second-order valence-corrected chi connectivity index (χ2v) is 4.89.